The number of anilines is 1. The number of carbonyl (C=O) groups excluding carboxylic acids is 3. The average Bonchev–Trinajstić information content (AvgIpc) is 3.02. The Morgan fingerprint density at radius 2 is 1.78 bits per heavy atom. The van der Waals surface area contributed by atoms with Crippen LogP contribution in [-0.2, 0) is 9.59 Å². The van der Waals surface area contributed by atoms with E-state index >= 15 is 0 Å². The lowest BCUT2D eigenvalue weighted by Gasteiger charge is -2.24. The van der Waals surface area contributed by atoms with Crippen molar-refractivity contribution in [1.82, 2.24) is 10.4 Å². The summed E-state index contributed by atoms with van der Waals surface area (Å²) < 4.78 is 5.15. The van der Waals surface area contributed by atoms with Gasteiger partial charge in [-0.15, -0.1) is 11.8 Å². The van der Waals surface area contributed by atoms with E-state index in [4.69, 9.17) is 4.74 Å². The van der Waals surface area contributed by atoms with Crippen molar-refractivity contribution >= 4 is 35.2 Å². The highest BCUT2D eigenvalue weighted by Gasteiger charge is 2.34. The second-order valence-electron chi connectivity index (χ2n) is 5.90. The average molecular weight is 385 g/mol. The zero-order valence-corrected chi connectivity index (χ0v) is 15.7. The SMILES string of the molecule is COc1ccc([C@@H]2SCC(=O)N2NC(=O)c2ccc(NC(C)=O)cc2)cc1. The first-order valence-corrected chi connectivity index (χ1v) is 9.29. The molecular formula is C19H19N3O4S. The van der Waals surface area contributed by atoms with E-state index in [1.807, 2.05) is 24.3 Å². The maximum atomic E-state index is 12.5. The lowest BCUT2D eigenvalue weighted by molar-refractivity contribution is -0.130. The van der Waals surface area contributed by atoms with Crippen LogP contribution in [0.25, 0.3) is 0 Å². The van der Waals surface area contributed by atoms with E-state index in [-0.39, 0.29) is 17.2 Å². The zero-order chi connectivity index (χ0) is 19.4. The van der Waals surface area contributed by atoms with E-state index in [1.165, 1.54) is 23.7 Å². The molecule has 3 rings (SSSR count). The first kappa shape index (κ1) is 18.8. The molecule has 2 N–H and O–H groups in total. The molecule has 1 fully saturated rings. The number of ether oxygens (including phenoxy) is 1. The normalized spacial score (nSPS) is 16.1. The van der Waals surface area contributed by atoms with Crippen LogP contribution < -0.4 is 15.5 Å². The maximum absolute atomic E-state index is 12.5. The summed E-state index contributed by atoms with van der Waals surface area (Å²) in [7, 11) is 1.59. The Morgan fingerprint density at radius 3 is 2.37 bits per heavy atom. The van der Waals surface area contributed by atoms with Crippen molar-refractivity contribution < 1.29 is 19.1 Å². The van der Waals surface area contributed by atoms with Gasteiger partial charge in [-0.25, -0.2) is 5.01 Å². The van der Waals surface area contributed by atoms with Crippen molar-refractivity contribution in [3.63, 3.8) is 0 Å². The van der Waals surface area contributed by atoms with Crippen LogP contribution in [0.1, 0.15) is 28.2 Å². The molecule has 1 atom stereocenters. The van der Waals surface area contributed by atoms with Gasteiger partial charge < -0.3 is 10.1 Å². The summed E-state index contributed by atoms with van der Waals surface area (Å²) in [6.07, 6.45) is 0. The fourth-order valence-electron chi connectivity index (χ4n) is 2.64. The van der Waals surface area contributed by atoms with Crippen molar-refractivity contribution in [2.24, 2.45) is 0 Å². The minimum absolute atomic E-state index is 0.163. The standard InChI is InChI=1S/C19H19N3O4S/c1-12(23)20-15-7-3-13(4-8-15)18(25)21-22-17(24)11-27-19(22)14-5-9-16(26-2)10-6-14/h3-10,19H,11H2,1-2H3,(H,20,23)(H,21,25)/t19-/m0/s1. The molecule has 0 radical (unpaired) electrons. The second kappa shape index (κ2) is 8.13. The summed E-state index contributed by atoms with van der Waals surface area (Å²) >= 11 is 1.44. The topological polar surface area (TPSA) is 87.7 Å². The Labute approximate surface area is 161 Å². The van der Waals surface area contributed by atoms with Crippen molar-refractivity contribution in [1.29, 1.82) is 0 Å². The highest BCUT2D eigenvalue weighted by molar-refractivity contribution is 8.00. The highest BCUT2D eigenvalue weighted by atomic mass is 32.2. The van der Waals surface area contributed by atoms with Crippen LogP contribution in [-0.4, -0.2) is 35.6 Å². The van der Waals surface area contributed by atoms with Gasteiger partial charge in [-0.2, -0.15) is 0 Å². The molecule has 8 heteroatoms. The van der Waals surface area contributed by atoms with Crippen LogP contribution in [0.15, 0.2) is 48.5 Å². The van der Waals surface area contributed by atoms with Gasteiger partial charge in [-0.1, -0.05) is 12.1 Å². The second-order valence-corrected chi connectivity index (χ2v) is 6.97. The van der Waals surface area contributed by atoms with Crippen molar-refractivity contribution in [3.8, 4) is 5.75 Å². The van der Waals surface area contributed by atoms with Crippen molar-refractivity contribution in [2.75, 3.05) is 18.2 Å². The molecule has 0 aliphatic carbocycles. The van der Waals surface area contributed by atoms with Crippen LogP contribution in [0, 0.1) is 0 Å². The van der Waals surface area contributed by atoms with Gasteiger partial charge in [0.1, 0.15) is 11.1 Å². The lowest BCUT2D eigenvalue weighted by Crippen LogP contribution is -2.44. The number of nitrogens with one attached hydrogen (secondary N) is 2. The minimum Gasteiger partial charge on any atom is -0.497 e. The molecule has 0 spiro atoms. The Kier molecular flexibility index (Phi) is 5.66. The molecule has 7 nitrogen and oxygen atoms in total. The minimum atomic E-state index is -0.390. The molecule has 27 heavy (non-hydrogen) atoms. The molecule has 1 saturated heterocycles. The molecule has 1 aliphatic heterocycles. The van der Waals surface area contributed by atoms with Crippen molar-refractivity contribution in [2.45, 2.75) is 12.3 Å². The van der Waals surface area contributed by atoms with Gasteiger partial charge in [-0.05, 0) is 42.0 Å². The van der Waals surface area contributed by atoms with Gasteiger partial charge in [0.25, 0.3) is 11.8 Å². The molecular weight excluding hydrogens is 366 g/mol. The number of benzene rings is 2. The number of hydrogen-bond acceptors (Lipinski definition) is 5. The summed E-state index contributed by atoms with van der Waals surface area (Å²) in [5.41, 5.74) is 4.57. The maximum Gasteiger partial charge on any atom is 0.269 e. The third-order valence-electron chi connectivity index (χ3n) is 3.96. The van der Waals surface area contributed by atoms with Gasteiger partial charge in [0.2, 0.25) is 5.91 Å². The number of thioether (sulfide) groups is 1. The quantitative estimate of drug-likeness (QED) is 0.826. The number of methoxy groups -OCH3 is 1. The first-order valence-electron chi connectivity index (χ1n) is 8.24. The van der Waals surface area contributed by atoms with Gasteiger partial charge in [0.05, 0.1) is 12.9 Å². The number of amides is 3. The van der Waals surface area contributed by atoms with E-state index in [0.29, 0.717) is 17.0 Å². The summed E-state index contributed by atoms with van der Waals surface area (Å²) in [4.78, 5) is 35.8. The number of nitrogens with zero attached hydrogens (tertiary/aromatic N) is 1. The highest BCUT2D eigenvalue weighted by Crippen LogP contribution is 2.37. The van der Waals surface area contributed by atoms with Gasteiger partial charge >= 0.3 is 0 Å². The summed E-state index contributed by atoms with van der Waals surface area (Å²) in [6, 6.07) is 13.8. The molecule has 140 valence electrons. The lowest BCUT2D eigenvalue weighted by atomic mass is 10.2. The largest absolute Gasteiger partial charge is 0.497 e. The molecule has 2 aromatic carbocycles. The third kappa shape index (κ3) is 4.40. The fraction of sp³-hybridized carbons (Fsp3) is 0.211. The van der Waals surface area contributed by atoms with Gasteiger partial charge in [-0.3, -0.25) is 19.8 Å². The molecule has 3 amide bonds. The van der Waals surface area contributed by atoms with Crippen LogP contribution in [0.3, 0.4) is 0 Å². The number of hydrazine groups is 1. The molecule has 0 aromatic heterocycles. The summed E-state index contributed by atoms with van der Waals surface area (Å²) in [6.45, 7) is 1.41. The van der Waals surface area contributed by atoms with Crippen LogP contribution in [0.4, 0.5) is 5.69 Å². The van der Waals surface area contributed by atoms with Crippen LogP contribution in [0.5, 0.6) is 5.75 Å². The summed E-state index contributed by atoms with van der Waals surface area (Å²) in [5.74, 6) is 0.276. The van der Waals surface area contributed by atoms with E-state index in [1.54, 1.807) is 31.4 Å². The van der Waals surface area contributed by atoms with Crippen molar-refractivity contribution in [3.05, 3.63) is 59.7 Å². The van der Waals surface area contributed by atoms with Gasteiger partial charge in [0.15, 0.2) is 0 Å². The van der Waals surface area contributed by atoms with E-state index in [9.17, 15) is 14.4 Å². The Morgan fingerprint density at radius 1 is 1.11 bits per heavy atom. The predicted molar refractivity (Wildman–Crippen MR) is 103 cm³/mol. The van der Waals surface area contributed by atoms with Crippen LogP contribution in [0.2, 0.25) is 0 Å². The molecule has 1 heterocycles. The number of carbonyl (C=O) groups is 3. The first-order chi connectivity index (χ1) is 13.0. The monoisotopic (exact) mass is 385 g/mol. The molecule has 2 aromatic rings. The van der Waals surface area contributed by atoms with Crippen LogP contribution >= 0.6 is 11.8 Å². The smallest absolute Gasteiger partial charge is 0.269 e. The summed E-state index contributed by atoms with van der Waals surface area (Å²) in [5, 5.41) is 3.70. The Balaban J connectivity index is 1.72. The molecule has 0 saturated carbocycles. The van der Waals surface area contributed by atoms with Gasteiger partial charge in [0, 0.05) is 18.2 Å². The third-order valence-corrected chi connectivity index (χ3v) is 5.17. The van der Waals surface area contributed by atoms with E-state index in [0.717, 1.165) is 11.3 Å². The predicted octanol–water partition coefficient (Wildman–Crippen LogP) is 2.57. The van der Waals surface area contributed by atoms with E-state index in [2.05, 4.69) is 10.7 Å². The zero-order valence-electron chi connectivity index (χ0n) is 14.9. The number of rotatable bonds is 5. The Bertz CT molecular complexity index is 852. The Hall–Kier alpha value is -3.00. The molecule has 0 bridgehead atoms. The van der Waals surface area contributed by atoms with E-state index < -0.39 is 5.91 Å². The number of hydrogen-bond donors (Lipinski definition) is 2. The fourth-order valence-corrected chi connectivity index (χ4v) is 3.75. The molecule has 1 aliphatic rings. The molecule has 0 unspecified atom stereocenters.